The Morgan fingerprint density at radius 3 is 2.71 bits per heavy atom. The third-order valence-electron chi connectivity index (χ3n) is 3.67. The highest BCUT2D eigenvalue weighted by Gasteiger charge is 2.24. The van der Waals surface area contributed by atoms with Crippen molar-refractivity contribution in [2.24, 2.45) is 7.05 Å². The quantitative estimate of drug-likeness (QED) is 0.761. The molecule has 1 aliphatic heterocycles. The van der Waals surface area contributed by atoms with E-state index >= 15 is 0 Å². The van der Waals surface area contributed by atoms with Gasteiger partial charge in [0.2, 0.25) is 15.9 Å². The van der Waals surface area contributed by atoms with E-state index in [0.717, 1.165) is 18.5 Å². The van der Waals surface area contributed by atoms with Crippen LogP contribution < -0.4 is 5.32 Å². The molecule has 21 heavy (non-hydrogen) atoms. The van der Waals surface area contributed by atoms with Crippen LogP contribution in [0.4, 0.5) is 0 Å². The molecule has 0 radical (unpaired) electrons. The molecule has 1 amide bonds. The largest absolute Gasteiger partial charge is 0.355 e. The van der Waals surface area contributed by atoms with E-state index in [2.05, 4.69) is 10.4 Å². The van der Waals surface area contributed by atoms with E-state index in [1.165, 1.54) is 4.31 Å². The normalized spacial score (nSPS) is 16.2. The van der Waals surface area contributed by atoms with Gasteiger partial charge in [-0.15, -0.1) is 0 Å². The molecule has 0 saturated carbocycles. The molecule has 0 unspecified atom stereocenters. The van der Waals surface area contributed by atoms with Crippen molar-refractivity contribution in [2.45, 2.75) is 25.7 Å². The van der Waals surface area contributed by atoms with E-state index in [0.29, 0.717) is 25.9 Å². The number of hydrogen-bond donors (Lipinski definition) is 1. The van der Waals surface area contributed by atoms with E-state index < -0.39 is 10.0 Å². The first-order chi connectivity index (χ1) is 9.99. The summed E-state index contributed by atoms with van der Waals surface area (Å²) in [6, 6.07) is 1.87. The van der Waals surface area contributed by atoms with Gasteiger partial charge in [-0.1, -0.05) is 0 Å². The monoisotopic (exact) mass is 314 g/mol. The molecule has 7 nitrogen and oxygen atoms in total. The zero-order chi connectivity index (χ0) is 15.3. The molecule has 0 atom stereocenters. The average Bonchev–Trinajstić information content (AvgIpc) is 3.07. The van der Waals surface area contributed by atoms with Crippen molar-refractivity contribution in [1.82, 2.24) is 19.4 Å². The minimum Gasteiger partial charge on any atom is -0.355 e. The predicted octanol–water partition coefficient (Wildman–Crippen LogP) is -0.105. The Labute approximate surface area is 125 Å². The Morgan fingerprint density at radius 2 is 2.10 bits per heavy atom. The highest BCUT2D eigenvalue weighted by Crippen LogP contribution is 2.12. The number of aryl methyl sites for hydroxylation is 2. The lowest BCUT2D eigenvalue weighted by Gasteiger charge is -2.15. The maximum Gasteiger partial charge on any atom is 0.220 e. The van der Waals surface area contributed by atoms with Gasteiger partial charge in [0.15, 0.2) is 0 Å². The van der Waals surface area contributed by atoms with Gasteiger partial charge in [-0.05, 0) is 25.3 Å². The van der Waals surface area contributed by atoms with Crippen LogP contribution >= 0.6 is 0 Å². The molecule has 0 aromatic carbocycles. The van der Waals surface area contributed by atoms with Crippen molar-refractivity contribution >= 4 is 15.9 Å². The zero-order valence-corrected chi connectivity index (χ0v) is 13.1. The number of hydrogen-bond acceptors (Lipinski definition) is 4. The van der Waals surface area contributed by atoms with Gasteiger partial charge in [-0.25, -0.2) is 12.7 Å². The number of aromatic nitrogens is 2. The highest BCUT2D eigenvalue weighted by atomic mass is 32.2. The second kappa shape index (κ2) is 7.04. The van der Waals surface area contributed by atoms with Gasteiger partial charge in [0.25, 0.3) is 0 Å². The fourth-order valence-electron chi connectivity index (χ4n) is 2.39. The fourth-order valence-corrected chi connectivity index (χ4v) is 3.82. The molecular formula is C13H22N4O3S. The number of sulfonamides is 1. The van der Waals surface area contributed by atoms with E-state index in [1.54, 1.807) is 10.9 Å². The molecule has 1 saturated heterocycles. The summed E-state index contributed by atoms with van der Waals surface area (Å²) in [6.45, 7) is 1.39. The van der Waals surface area contributed by atoms with Gasteiger partial charge < -0.3 is 5.32 Å². The third-order valence-corrected chi connectivity index (χ3v) is 5.54. The van der Waals surface area contributed by atoms with Crippen LogP contribution in [0, 0.1) is 0 Å². The first kappa shape index (κ1) is 16.0. The standard InChI is InChI=1S/C13H22N4O3S/c1-16-12(6-7-15-16)4-5-13(18)14-8-11-21(19,20)17-9-2-3-10-17/h6-7H,2-5,8-11H2,1H3,(H,14,18). The lowest BCUT2D eigenvalue weighted by molar-refractivity contribution is -0.120. The minimum absolute atomic E-state index is 0.0234. The van der Waals surface area contributed by atoms with E-state index in [9.17, 15) is 13.2 Å². The number of nitrogens with one attached hydrogen (secondary N) is 1. The van der Waals surface area contributed by atoms with Gasteiger partial charge in [0.05, 0.1) is 5.75 Å². The number of carbonyl (C=O) groups is 1. The maximum atomic E-state index is 12.0. The van der Waals surface area contributed by atoms with Gasteiger partial charge in [-0.2, -0.15) is 5.10 Å². The summed E-state index contributed by atoms with van der Waals surface area (Å²) in [5.74, 6) is -0.155. The molecule has 2 rings (SSSR count). The molecular weight excluding hydrogens is 292 g/mol. The van der Waals surface area contributed by atoms with Crippen molar-refractivity contribution in [1.29, 1.82) is 0 Å². The van der Waals surface area contributed by atoms with Gasteiger partial charge in [0.1, 0.15) is 0 Å². The lowest BCUT2D eigenvalue weighted by Crippen LogP contribution is -2.36. The molecule has 2 heterocycles. The molecule has 8 heteroatoms. The molecule has 1 fully saturated rings. The summed E-state index contributed by atoms with van der Waals surface area (Å²) in [4.78, 5) is 11.7. The molecule has 0 bridgehead atoms. The number of amides is 1. The first-order valence-corrected chi connectivity index (χ1v) is 8.81. The van der Waals surface area contributed by atoms with Crippen LogP contribution in [0.5, 0.6) is 0 Å². The van der Waals surface area contributed by atoms with Crippen LogP contribution in [0.1, 0.15) is 25.0 Å². The summed E-state index contributed by atoms with van der Waals surface area (Å²) < 4.78 is 27.2. The summed E-state index contributed by atoms with van der Waals surface area (Å²) in [5.41, 5.74) is 0.981. The van der Waals surface area contributed by atoms with Crippen LogP contribution in [0.2, 0.25) is 0 Å². The maximum absolute atomic E-state index is 12.0. The number of carbonyl (C=O) groups excluding carboxylic acids is 1. The average molecular weight is 314 g/mol. The van der Waals surface area contributed by atoms with Crippen molar-refractivity contribution in [3.05, 3.63) is 18.0 Å². The fraction of sp³-hybridized carbons (Fsp3) is 0.692. The summed E-state index contributed by atoms with van der Waals surface area (Å²) >= 11 is 0. The smallest absolute Gasteiger partial charge is 0.220 e. The second-order valence-corrected chi connectivity index (χ2v) is 7.31. The lowest BCUT2D eigenvalue weighted by atomic mass is 10.2. The summed E-state index contributed by atoms with van der Waals surface area (Å²) in [7, 11) is -1.39. The van der Waals surface area contributed by atoms with E-state index in [-0.39, 0.29) is 18.2 Å². The van der Waals surface area contributed by atoms with Gasteiger partial charge in [-0.3, -0.25) is 9.48 Å². The Morgan fingerprint density at radius 1 is 1.38 bits per heavy atom. The molecule has 118 valence electrons. The number of rotatable bonds is 7. The Hall–Kier alpha value is -1.41. The van der Waals surface area contributed by atoms with E-state index in [1.807, 2.05) is 13.1 Å². The zero-order valence-electron chi connectivity index (χ0n) is 12.3. The van der Waals surface area contributed by atoms with Crippen molar-refractivity contribution in [2.75, 3.05) is 25.4 Å². The first-order valence-electron chi connectivity index (χ1n) is 7.20. The highest BCUT2D eigenvalue weighted by molar-refractivity contribution is 7.89. The van der Waals surface area contributed by atoms with Crippen molar-refractivity contribution < 1.29 is 13.2 Å². The van der Waals surface area contributed by atoms with Crippen LogP contribution in [0.25, 0.3) is 0 Å². The van der Waals surface area contributed by atoms with Gasteiger partial charge >= 0.3 is 0 Å². The van der Waals surface area contributed by atoms with E-state index in [4.69, 9.17) is 0 Å². The van der Waals surface area contributed by atoms with Crippen LogP contribution in [0.3, 0.4) is 0 Å². The molecule has 1 aliphatic rings. The topological polar surface area (TPSA) is 84.3 Å². The summed E-state index contributed by atoms with van der Waals surface area (Å²) in [6.07, 6.45) is 4.48. The molecule has 1 N–H and O–H groups in total. The Balaban J connectivity index is 1.68. The molecule has 1 aromatic heterocycles. The second-order valence-electron chi connectivity index (χ2n) is 5.22. The van der Waals surface area contributed by atoms with Gasteiger partial charge in [0, 0.05) is 45.0 Å². The SMILES string of the molecule is Cn1nccc1CCC(=O)NCCS(=O)(=O)N1CCCC1. The number of nitrogens with zero attached hydrogens (tertiary/aromatic N) is 3. The predicted molar refractivity (Wildman–Crippen MR) is 79.1 cm³/mol. The summed E-state index contributed by atoms with van der Waals surface area (Å²) in [5, 5.41) is 6.70. The van der Waals surface area contributed by atoms with Crippen molar-refractivity contribution in [3.8, 4) is 0 Å². The molecule has 0 spiro atoms. The molecule has 1 aromatic rings. The van der Waals surface area contributed by atoms with Crippen molar-refractivity contribution in [3.63, 3.8) is 0 Å². The van der Waals surface area contributed by atoms with Crippen LogP contribution in [-0.2, 0) is 28.3 Å². The molecule has 0 aliphatic carbocycles. The minimum atomic E-state index is -3.22. The third kappa shape index (κ3) is 4.53. The Bertz CT molecular complexity index is 576. The van der Waals surface area contributed by atoms with Crippen LogP contribution in [-0.4, -0.2) is 53.8 Å². The Kier molecular flexibility index (Phi) is 5.35. The van der Waals surface area contributed by atoms with Crippen LogP contribution in [0.15, 0.2) is 12.3 Å².